The number of hydrogen-bond acceptors (Lipinski definition) is 5. The van der Waals surface area contributed by atoms with Crippen LogP contribution < -0.4 is 4.72 Å². The second kappa shape index (κ2) is 6.47. The van der Waals surface area contributed by atoms with Crippen molar-refractivity contribution in [1.29, 1.82) is 0 Å². The Bertz CT molecular complexity index is 547. The zero-order valence-corrected chi connectivity index (χ0v) is 12.6. The van der Waals surface area contributed by atoms with E-state index in [4.69, 9.17) is 9.84 Å². The van der Waals surface area contributed by atoms with E-state index in [0.717, 1.165) is 11.3 Å². The summed E-state index contributed by atoms with van der Waals surface area (Å²) >= 11 is 0.943. The smallest absolute Gasteiger partial charge is 0.345 e. The fraction of sp³-hybridized carbons (Fsp3) is 0.545. The first-order valence-corrected chi connectivity index (χ1v) is 7.99. The van der Waals surface area contributed by atoms with Crippen LogP contribution in [0.3, 0.4) is 0 Å². The number of aromatic carboxylic acids is 1. The van der Waals surface area contributed by atoms with Crippen LogP contribution in [0.1, 0.15) is 28.4 Å². The van der Waals surface area contributed by atoms with E-state index in [1.807, 2.05) is 13.8 Å². The molecule has 0 unspecified atom stereocenters. The van der Waals surface area contributed by atoms with Crippen molar-refractivity contribution in [1.82, 2.24) is 4.72 Å². The van der Waals surface area contributed by atoms with Crippen molar-refractivity contribution in [3.05, 3.63) is 15.8 Å². The molecule has 0 spiro atoms. The molecule has 0 amide bonds. The number of carbonyl (C=O) groups is 1. The van der Waals surface area contributed by atoms with Gasteiger partial charge in [0.2, 0.25) is 10.0 Å². The van der Waals surface area contributed by atoms with Crippen molar-refractivity contribution in [2.24, 2.45) is 0 Å². The first-order valence-electron chi connectivity index (χ1n) is 5.69. The van der Waals surface area contributed by atoms with E-state index in [-0.39, 0.29) is 29.0 Å². The summed E-state index contributed by atoms with van der Waals surface area (Å²) in [6, 6.07) is 1.17. The summed E-state index contributed by atoms with van der Waals surface area (Å²) in [5, 5.41) is 8.84. The van der Waals surface area contributed by atoms with E-state index < -0.39 is 16.0 Å². The Morgan fingerprint density at radius 2 is 2.16 bits per heavy atom. The molecule has 108 valence electrons. The highest BCUT2D eigenvalue weighted by Gasteiger charge is 2.21. The largest absolute Gasteiger partial charge is 0.477 e. The number of carboxylic acids is 1. The van der Waals surface area contributed by atoms with Gasteiger partial charge in [0.15, 0.2) is 0 Å². The maximum absolute atomic E-state index is 12.0. The number of hydrogen-bond donors (Lipinski definition) is 2. The lowest BCUT2D eigenvalue weighted by Crippen LogP contribution is -2.28. The standard InChI is InChI=1S/C11H17NO5S2/c1-7(2)17-5-4-12-19(15,16)10-6-9(11(13)14)18-8(10)3/h6-7,12H,4-5H2,1-3H3,(H,13,14). The second-order valence-corrected chi connectivity index (χ2v) is 7.15. The van der Waals surface area contributed by atoms with Crippen LogP contribution in [-0.2, 0) is 14.8 Å². The van der Waals surface area contributed by atoms with Crippen molar-refractivity contribution in [2.75, 3.05) is 13.2 Å². The molecule has 1 heterocycles. The lowest BCUT2D eigenvalue weighted by atomic mass is 10.4. The molecule has 19 heavy (non-hydrogen) atoms. The Balaban J connectivity index is 2.75. The van der Waals surface area contributed by atoms with Crippen molar-refractivity contribution >= 4 is 27.3 Å². The summed E-state index contributed by atoms with van der Waals surface area (Å²) in [6.07, 6.45) is 0.0333. The van der Waals surface area contributed by atoms with Gasteiger partial charge in [0.25, 0.3) is 0 Å². The minimum Gasteiger partial charge on any atom is -0.477 e. The molecule has 1 rings (SSSR count). The SMILES string of the molecule is Cc1sc(C(=O)O)cc1S(=O)(=O)NCCOC(C)C. The molecular formula is C11H17NO5S2. The number of ether oxygens (including phenoxy) is 1. The van der Waals surface area contributed by atoms with Crippen LogP contribution in [0.5, 0.6) is 0 Å². The quantitative estimate of drug-likeness (QED) is 0.744. The third-order valence-corrected chi connectivity index (χ3v) is 4.97. The third-order valence-electron chi connectivity index (χ3n) is 2.22. The van der Waals surface area contributed by atoms with Crippen molar-refractivity contribution in [3.63, 3.8) is 0 Å². The molecule has 1 aromatic heterocycles. The molecule has 0 saturated heterocycles. The third kappa shape index (κ3) is 4.57. The zero-order valence-electron chi connectivity index (χ0n) is 11.0. The van der Waals surface area contributed by atoms with Crippen LogP contribution in [-0.4, -0.2) is 38.7 Å². The van der Waals surface area contributed by atoms with Gasteiger partial charge in [0.05, 0.1) is 17.6 Å². The van der Waals surface area contributed by atoms with Gasteiger partial charge in [-0.05, 0) is 26.8 Å². The maximum atomic E-state index is 12.0. The van der Waals surface area contributed by atoms with Crippen LogP contribution in [0, 0.1) is 6.92 Å². The summed E-state index contributed by atoms with van der Waals surface area (Å²) in [7, 11) is -3.68. The molecule has 0 aliphatic rings. The van der Waals surface area contributed by atoms with E-state index in [9.17, 15) is 13.2 Å². The molecule has 0 aliphatic carbocycles. The topological polar surface area (TPSA) is 92.7 Å². The number of carboxylic acid groups (broad SMARTS) is 1. The number of thiophene rings is 1. The lowest BCUT2D eigenvalue weighted by Gasteiger charge is -2.09. The van der Waals surface area contributed by atoms with Gasteiger partial charge in [-0.2, -0.15) is 0 Å². The highest BCUT2D eigenvalue weighted by molar-refractivity contribution is 7.89. The summed E-state index contributed by atoms with van der Waals surface area (Å²) < 4.78 is 31.6. The second-order valence-electron chi connectivity index (χ2n) is 4.15. The summed E-state index contributed by atoms with van der Waals surface area (Å²) in [6.45, 7) is 5.72. The van der Waals surface area contributed by atoms with Gasteiger partial charge in [-0.15, -0.1) is 11.3 Å². The normalized spacial score (nSPS) is 12.0. The minimum atomic E-state index is -3.68. The van der Waals surface area contributed by atoms with Gasteiger partial charge in [-0.1, -0.05) is 0 Å². The molecule has 1 aromatic rings. The molecule has 0 atom stereocenters. The molecule has 0 saturated carbocycles. The summed E-state index contributed by atoms with van der Waals surface area (Å²) in [5.74, 6) is -1.13. The van der Waals surface area contributed by atoms with Crippen LogP contribution >= 0.6 is 11.3 Å². The molecule has 6 nitrogen and oxygen atoms in total. The minimum absolute atomic E-state index is 0.0105. The first kappa shape index (κ1) is 16.1. The van der Waals surface area contributed by atoms with Crippen LogP contribution in [0.2, 0.25) is 0 Å². The molecule has 0 aromatic carbocycles. The number of rotatable bonds is 7. The average Bonchev–Trinajstić information content (AvgIpc) is 2.67. The Kier molecular flexibility index (Phi) is 5.48. The van der Waals surface area contributed by atoms with Gasteiger partial charge in [-0.3, -0.25) is 0 Å². The van der Waals surface area contributed by atoms with Gasteiger partial charge in [0.1, 0.15) is 4.88 Å². The van der Waals surface area contributed by atoms with Crippen LogP contribution in [0.25, 0.3) is 0 Å². The average molecular weight is 307 g/mol. The monoisotopic (exact) mass is 307 g/mol. The van der Waals surface area contributed by atoms with Gasteiger partial charge < -0.3 is 9.84 Å². The van der Waals surface area contributed by atoms with Crippen LogP contribution in [0.4, 0.5) is 0 Å². The van der Waals surface area contributed by atoms with E-state index >= 15 is 0 Å². The number of nitrogens with one attached hydrogen (secondary N) is 1. The van der Waals surface area contributed by atoms with E-state index in [0.29, 0.717) is 4.88 Å². The highest BCUT2D eigenvalue weighted by atomic mass is 32.2. The van der Waals surface area contributed by atoms with Gasteiger partial charge >= 0.3 is 5.97 Å². The molecule has 8 heteroatoms. The fourth-order valence-electron chi connectivity index (χ4n) is 1.39. The molecule has 0 radical (unpaired) electrons. The van der Waals surface area contributed by atoms with Crippen LogP contribution in [0.15, 0.2) is 11.0 Å². The van der Waals surface area contributed by atoms with Gasteiger partial charge in [0, 0.05) is 11.4 Å². The fourth-order valence-corrected chi connectivity index (χ4v) is 3.83. The molecule has 0 bridgehead atoms. The molecular weight excluding hydrogens is 290 g/mol. The molecule has 2 N–H and O–H groups in total. The Morgan fingerprint density at radius 3 is 2.63 bits per heavy atom. The predicted octanol–water partition coefficient (Wildman–Crippen LogP) is 1.46. The maximum Gasteiger partial charge on any atom is 0.345 e. The Labute approximate surface area is 116 Å². The Morgan fingerprint density at radius 1 is 1.53 bits per heavy atom. The van der Waals surface area contributed by atoms with E-state index in [1.54, 1.807) is 6.92 Å². The lowest BCUT2D eigenvalue weighted by molar-refractivity contribution is 0.0702. The number of aryl methyl sites for hydroxylation is 1. The highest BCUT2D eigenvalue weighted by Crippen LogP contribution is 2.25. The summed E-state index contributed by atoms with van der Waals surface area (Å²) in [5.41, 5.74) is 0. The van der Waals surface area contributed by atoms with E-state index in [2.05, 4.69) is 4.72 Å². The predicted molar refractivity (Wildman–Crippen MR) is 72.3 cm³/mol. The Hall–Kier alpha value is -0.960. The molecule has 0 fully saturated rings. The van der Waals surface area contributed by atoms with Gasteiger partial charge in [-0.25, -0.2) is 17.9 Å². The summed E-state index contributed by atoms with van der Waals surface area (Å²) in [4.78, 5) is 11.3. The van der Waals surface area contributed by atoms with Crippen molar-refractivity contribution in [3.8, 4) is 0 Å². The first-order chi connectivity index (χ1) is 8.74. The number of sulfonamides is 1. The zero-order chi connectivity index (χ0) is 14.6. The van der Waals surface area contributed by atoms with Crippen molar-refractivity contribution in [2.45, 2.75) is 31.8 Å². The van der Waals surface area contributed by atoms with E-state index in [1.165, 1.54) is 6.07 Å². The van der Waals surface area contributed by atoms with Crippen molar-refractivity contribution < 1.29 is 23.1 Å². The molecule has 0 aliphatic heterocycles.